The van der Waals surface area contributed by atoms with E-state index < -0.39 is 11.6 Å². The number of carbonyl (C=O) groups is 1. The van der Waals surface area contributed by atoms with E-state index in [2.05, 4.69) is 4.90 Å². The van der Waals surface area contributed by atoms with Gasteiger partial charge in [-0.05, 0) is 69.3 Å². The number of nitrogens with two attached hydrogens (primary N) is 1. The number of nitrogens with zero attached hydrogens (tertiary/aromatic N) is 2. The molecule has 6 heteroatoms. The highest BCUT2D eigenvalue weighted by Crippen LogP contribution is 2.23. The highest BCUT2D eigenvalue weighted by atomic mass is 19.1. The molecular weight excluding hydrogens is 324 g/mol. The van der Waals surface area contributed by atoms with Gasteiger partial charge in [-0.25, -0.2) is 8.78 Å². The monoisotopic (exact) mass is 351 g/mol. The van der Waals surface area contributed by atoms with Gasteiger partial charge >= 0.3 is 0 Å². The van der Waals surface area contributed by atoms with Crippen LogP contribution >= 0.6 is 0 Å². The van der Waals surface area contributed by atoms with Crippen molar-refractivity contribution in [3.8, 4) is 0 Å². The Labute approximate surface area is 148 Å². The molecule has 25 heavy (non-hydrogen) atoms. The van der Waals surface area contributed by atoms with Gasteiger partial charge in [-0.1, -0.05) is 0 Å². The van der Waals surface area contributed by atoms with Crippen LogP contribution in [-0.2, 0) is 0 Å². The summed E-state index contributed by atoms with van der Waals surface area (Å²) in [6.07, 6.45) is 4.23. The molecule has 1 amide bonds. The standard InChI is InChI=1S/C19H27F2N3O/c20-16-1-2-17(18(21)11-16)19(25)24-9-5-15(6-10-24)13-23-7-3-14(12-22)4-8-23/h1-2,11,14-15H,3-10,12-13,22H2. The minimum atomic E-state index is -0.783. The second kappa shape index (κ2) is 8.23. The first-order valence-electron chi connectivity index (χ1n) is 9.23. The highest BCUT2D eigenvalue weighted by molar-refractivity contribution is 5.94. The van der Waals surface area contributed by atoms with Crippen LogP contribution < -0.4 is 5.73 Å². The van der Waals surface area contributed by atoms with Gasteiger partial charge in [-0.15, -0.1) is 0 Å². The predicted molar refractivity (Wildman–Crippen MR) is 93.2 cm³/mol. The summed E-state index contributed by atoms with van der Waals surface area (Å²) in [6, 6.07) is 3.14. The van der Waals surface area contributed by atoms with Crippen molar-refractivity contribution >= 4 is 5.91 Å². The molecule has 0 unspecified atom stereocenters. The Morgan fingerprint density at radius 1 is 1.04 bits per heavy atom. The van der Waals surface area contributed by atoms with E-state index >= 15 is 0 Å². The van der Waals surface area contributed by atoms with Crippen LogP contribution in [0.15, 0.2) is 18.2 Å². The zero-order valence-corrected chi connectivity index (χ0v) is 14.6. The van der Waals surface area contributed by atoms with Crippen molar-refractivity contribution < 1.29 is 13.6 Å². The van der Waals surface area contributed by atoms with Gasteiger partial charge in [0.25, 0.3) is 5.91 Å². The lowest BCUT2D eigenvalue weighted by Crippen LogP contribution is -2.44. The van der Waals surface area contributed by atoms with Gasteiger partial charge in [0, 0.05) is 25.7 Å². The smallest absolute Gasteiger partial charge is 0.256 e. The molecule has 2 saturated heterocycles. The molecule has 2 heterocycles. The fourth-order valence-electron chi connectivity index (χ4n) is 3.92. The van der Waals surface area contributed by atoms with Crippen molar-refractivity contribution in [2.24, 2.45) is 17.6 Å². The third-order valence-electron chi connectivity index (χ3n) is 5.62. The summed E-state index contributed by atoms with van der Waals surface area (Å²) in [5.74, 6) is -0.529. The molecule has 0 radical (unpaired) electrons. The fraction of sp³-hybridized carbons (Fsp3) is 0.632. The number of amides is 1. The molecule has 0 aliphatic carbocycles. The maximum Gasteiger partial charge on any atom is 0.256 e. The maximum atomic E-state index is 13.8. The maximum absolute atomic E-state index is 13.8. The molecule has 0 saturated carbocycles. The number of piperidine rings is 2. The topological polar surface area (TPSA) is 49.6 Å². The lowest BCUT2D eigenvalue weighted by atomic mass is 9.92. The zero-order valence-electron chi connectivity index (χ0n) is 14.6. The van der Waals surface area contributed by atoms with Gasteiger partial charge < -0.3 is 15.5 Å². The first kappa shape index (κ1) is 18.3. The average Bonchev–Trinajstić information content (AvgIpc) is 2.62. The normalized spacial score (nSPS) is 20.8. The van der Waals surface area contributed by atoms with Crippen molar-refractivity contribution in [1.82, 2.24) is 9.80 Å². The Kier molecular flexibility index (Phi) is 6.02. The molecule has 2 N–H and O–H groups in total. The molecule has 0 bridgehead atoms. The minimum Gasteiger partial charge on any atom is -0.339 e. The van der Waals surface area contributed by atoms with Crippen molar-refractivity contribution in [3.05, 3.63) is 35.4 Å². The Morgan fingerprint density at radius 2 is 1.68 bits per heavy atom. The molecule has 3 rings (SSSR count). The molecular formula is C19H27F2N3O. The third-order valence-corrected chi connectivity index (χ3v) is 5.62. The summed E-state index contributed by atoms with van der Waals surface area (Å²) in [4.78, 5) is 16.6. The number of hydrogen-bond acceptors (Lipinski definition) is 3. The second-order valence-corrected chi connectivity index (χ2v) is 7.34. The second-order valence-electron chi connectivity index (χ2n) is 7.34. The third kappa shape index (κ3) is 4.55. The first-order valence-corrected chi connectivity index (χ1v) is 9.23. The predicted octanol–water partition coefficient (Wildman–Crippen LogP) is 2.49. The molecule has 1 aromatic rings. The van der Waals surface area contributed by atoms with Crippen LogP contribution in [0.2, 0.25) is 0 Å². The van der Waals surface area contributed by atoms with Crippen molar-refractivity contribution in [2.45, 2.75) is 25.7 Å². The molecule has 138 valence electrons. The van der Waals surface area contributed by atoms with Crippen molar-refractivity contribution in [1.29, 1.82) is 0 Å². The van der Waals surface area contributed by atoms with Crippen LogP contribution in [0.3, 0.4) is 0 Å². The average molecular weight is 351 g/mol. The number of hydrogen-bond donors (Lipinski definition) is 1. The van der Waals surface area contributed by atoms with Gasteiger partial charge in [0.2, 0.25) is 0 Å². The molecule has 2 fully saturated rings. The Morgan fingerprint density at radius 3 is 2.28 bits per heavy atom. The molecule has 2 aliphatic rings. The quantitative estimate of drug-likeness (QED) is 0.907. The van der Waals surface area contributed by atoms with Crippen LogP contribution in [0.25, 0.3) is 0 Å². The summed E-state index contributed by atoms with van der Waals surface area (Å²) >= 11 is 0. The Balaban J connectivity index is 1.48. The first-order chi connectivity index (χ1) is 12.1. The van der Waals surface area contributed by atoms with E-state index in [-0.39, 0.29) is 11.5 Å². The van der Waals surface area contributed by atoms with Crippen LogP contribution in [0.5, 0.6) is 0 Å². The van der Waals surface area contributed by atoms with Crippen LogP contribution in [-0.4, -0.2) is 55.0 Å². The van der Waals surface area contributed by atoms with E-state index in [1.807, 2.05) is 0 Å². The van der Waals surface area contributed by atoms with E-state index in [4.69, 9.17) is 5.73 Å². The van der Waals surface area contributed by atoms with Gasteiger partial charge in [0.1, 0.15) is 11.6 Å². The van der Waals surface area contributed by atoms with Gasteiger partial charge in [-0.3, -0.25) is 4.79 Å². The van der Waals surface area contributed by atoms with E-state index in [9.17, 15) is 13.6 Å². The van der Waals surface area contributed by atoms with Gasteiger partial charge in [0.15, 0.2) is 0 Å². The number of benzene rings is 1. The molecule has 1 aromatic carbocycles. The number of carbonyl (C=O) groups excluding carboxylic acids is 1. The summed E-state index contributed by atoms with van der Waals surface area (Å²) in [6.45, 7) is 5.36. The lowest BCUT2D eigenvalue weighted by Gasteiger charge is -2.37. The largest absolute Gasteiger partial charge is 0.339 e. The van der Waals surface area contributed by atoms with Crippen LogP contribution in [0, 0.1) is 23.5 Å². The molecule has 0 atom stereocenters. The summed E-state index contributed by atoms with van der Waals surface area (Å²) < 4.78 is 26.8. The van der Waals surface area contributed by atoms with Crippen LogP contribution in [0.4, 0.5) is 8.78 Å². The molecule has 0 spiro atoms. The molecule has 2 aliphatic heterocycles. The van der Waals surface area contributed by atoms with Crippen molar-refractivity contribution in [2.75, 3.05) is 39.3 Å². The summed E-state index contributed by atoms with van der Waals surface area (Å²) in [7, 11) is 0. The summed E-state index contributed by atoms with van der Waals surface area (Å²) in [5.41, 5.74) is 5.70. The van der Waals surface area contributed by atoms with E-state index in [0.29, 0.717) is 24.9 Å². The number of halogens is 2. The zero-order chi connectivity index (χ0) is 17.8. The molecule has 4 nitrogen and oxygen atoms in total. The van der Waals surface area contributed by atoms with Crippen LogP contribution in [0.1, 0.15) is 36.0 Å². The van der Waals surface area contributed by atoms with E-state index in [1.54, 1.807) is 4.90 Å². The fourth-order valence-corrected chi connectivity index (χ4v) is 3.92. The number of likely N-dealkylation sites (tertiary alicyclic amines) is 2. The Bertz CT molecular complexity index is 594. The molecule has 0 aromatic heterocycles. The minimum absolute atomic E-state index is 0.0382. The highest BCUT2D eigenvalue weighted by Gasteiger charge is 2.27. The lowest BCUT2D eigenvalue weighted by molar-refractivity contribution is 0.0648. The van der Waals surface area contributed by atoms with Crippen molar-refractivity contribution in [3.63, 3.8) is 0 Å². The van der Waals surface area contributed by atoms with E-state index in [1.165, 1.54) is 18.9 Å². The number of rotatable bonds is 4. The van der Waals surface area contributed by atoms with Gasteiger partial charge in [0.05, 0.1) is 5.56 Å². The summed E-state index contributed by atoms with van der Waals surface area (Å²) in [5, 5.41) is 0. The SMILES string of the molecule is NCC1CCN(CC2CCN(C(=O)c3ccc(F)cc3F)CC2)CC1. The van der Waals surface area contributed by atoms with Gasteiger partial charge in [-0.2, -0.15) is 0 Å². The van der Waals surface area contributed by atoms with E-state index in [0.717, 1.165) is 51.2 Å². The Hall–Kier alpha value is -1.53.